The minimum atomic E-state index is -0.857. The highest BCUT2D eigenvalue weighted by Crippen LogP contribution is 2.14. The number of amides is 2. The predicted octanol–water partition coefficient (Wildman–Crippen LogP) is 3.97. The molecule has 2 rings (SSSR count). The maximum Gasteiger partial charge on any atom is 0.329 e. The zero-order chi connectivity index (χ0) is 21.4. The minimum absolute atomic E-state index is 0.138. The van der Waals surface area contributed by atoms with E-state index in [9.17, 15) is 14.4 Å². The summed E-state index contributed by atoms with van der Waals surface area (Å²) in [4.78, 5) is 37.0. The van der Waals surface area contributed by atoms with E-state index < -0.39 is 30.4 Å². The molecule has 0 radical (unpaired) electrons. The molecule has 29 heavy (non-hydrogen) atoms. The lowest BCUT2D eigenvalue weighted by Gasteiger charge is -2.19. The molecule has 7 heteroatoms. The molecular weight excluding hydrogens is 392 g/mol. The van der Waals surface area contributed by atoms with Crippen LogP contribution in [0.15, 0.2) is 48.5 Å². The molecule has 2 aromatic carbocycles. The van der Waals surface area contributed by atoms with Crippen molar-refractivity contribution in [3.05, 3.63) is 64.7 Å². The predicted molar refractivity (Wildman–Crippen MR) is 113 cm³/mol. The average molecular weight is 417 g/mol. The average Bonchev–Trinajstić information content (AvgIpc) is 2.67. The SMILES string of the molecule is Cc1ccccc1NC(=O)COC(=O)C(CC(C)C)NC(=O)c1ccc(Cl)cc1. The second-order valence-corrected chi connectivity index (χ2v) is 7.57. The molecule has 0 saturated heterocycles. The Kier molecular flexibility index (Phi) is 8.21. The Bertz CT molecular complexity index is 865. The van der Waals surface area contributed by atoms with Gasteiger partial charge in [0.05, 0.1) is 0 Å². The number of anilines is 1. The summed E-state index contributed by atoms with van der Waals surface area (Å²) in [5, 5.41) is 5.89. The van der Waals surface area contributed by atoms with Crippen LogP contribution in [0.25, 0.3) is 0 Å². The summed E-state index contributed by atoms with van der Waals surface area (Å²) in [6.07, 6.45) is 0.386. The monoisotopic (exact) mass is 416 g/mol. The molecule has 0 heterocycles. The Morgan fingerprint density at radius 3 is 2.31 bits per heavy atom. The first-order valence-corrected chi connectivity index (χ1v) is 9.72. The maximum absolute atomic E-state index is 12.5. The van der Waals surface area contributed by atoms with Gasteiger partial charge in [-0.25, -0.2) is 4.79 Å². The van der Waals surface area contributed by atoms with Gasteiger partial charge in [-0.15, -0.1) is 0 Å². The molecule has 154 valence electrons. The van der Waals surface area contributed by atoms with Gasteiger partial charge in [0.25, 0.3) is 11.8 Å². The normalized spacial score (nSPS) is 11.6. The van der Waals surface area contributed by atoms with Crippen molar-refractivity contribution in [2.45, 2.75) is 33.2 Å². The number of ether oxygens (including phenoxy) is 1. The third-order valence-corrected chi connectivity index (χ3v) is 4.42. The van der Waals surface area contributed by atoms with Crippen molar-refractivity contribution in [3.63, 3.8) is 0 Å². The molecule has 0 aliphatic heterocycles. The number of hydrogen-bond acceptors (Lipinski definition) is 4. The van der Waals surface area contributed by atoms with Gasteiger partial charge in [0.15, 0.2) is 6.61 Å². The molecule has 2 aromatic rings. The van der Waals surface area contributed by atoms with Crippen molar-refractivity contribution in [3.8, 4) is 0 Å². The number of para-hydroxylation sites is 1. The quantitative estimate of drug-likeness (QED) is 0.637. The molecule has 0 bridgehead atoms. The highest BCUT2D eigenvalue weighted by molar-refractivity contribution is 6.30. The van der Waals surface area contributed by atoms with E-state index in [1.165, 1.54) is 0 Å². The first-order valence-electron chi connectivity index (χ1n) is 9.34. The summed E-state index contributed by atoms with van der Waals surface area (Å²) in [6.45, 7) is 5.30. The smallest absolute Gasteiger partial charge is 0.329 e. The third kappa shape index (κ3) is 7.23. The molecular formula is C22H25ClN2O4. The van der Waals surface area contributed by atoms with Gasteiger partial charge < -0.3 is 15.4 Å². The van der Waals surface area contributed by atoms with E-state index in [4.69, 9.17) is 16.3 Å². The highest BCUT2D eigenvalue weighted by atomic mass is 35.5. The van der Waals surface area contributed by atoms with Gasteiger partial charge in [0, 0.05) is 16.3 Å². The van der Waals surface area contributed by atoms with Crippen LogP contribution in [0.3, 0.4) is 0 Å². The zero-order valence-electron chi connectivity index (χ0n) is 16.7. The van der Waals surface area contributed by atoms with Crippen LogP contribution < -0.4 is 10.6 Å². The van der Waals surface area contributed by atoms with Gasteiger partial charge in [-0.2, -0.15) is 0 Å². The molecule has 1 unspecified atom stereocenters. The molecule has 2 amide bonds. The number of halogens is 1. The summed E-state index contributed by atoms with van der Waals surface area (Å²) in [5.41, 5.74) is 1.94. The van der Waals surface area contributed by atoms with Crippen LogP contribution in [0.1, 0.15) is 36.2 Å². The highest BCUT2D eigenvalue weighted by Gasteiger charge is 2.24. The largest absolute Gasteiger partial charge is 0.454 e. The fourth-order valence-corrected chi connectivity index (χ4v) is 2.79. The third-order valence-electron chi connectivity index (χ3n) is 4.17. The Hall–Kier alpha value is -2.86. The number of nitrogens with one attached hydrogen (secondary N) is 2. The summed E-state index contributed by atoms with van der Waals surface area (Å²) in [5.74, 6) is -1.37. The number of carbonyl (C=O) groups is 3. The van der Waals surface area contributed by atoms with Crippen LogP contribution >= 0.6 is 11.6 Å². The summed E-state index contributed by atoms with van der Waals surface area (Å²) in [7, 11) is 0. The Labute approximate surface area is 175 Å². The van der Waals surface area contributed by atoms with Crippen molar-refractivity contribution < 1.29 is 19.1 Å². The van der Waals surface area contributed by atoms with E-state index in [0.29, 0.717) is 22.7 Å². The first kappa shape index (κ1) is 22.4. The van der Waals surface area contributed by atoms with Crippen molar-refractivity contribution >= 4 is 35.1 Å². The number of benzene rings is 2. The van der Waals surface area contributed by atoms with Gasteiger partial charge in [-0.3, -0.25) is 9.59 Å². The number of rotatable bonds is 8. The lowest BCUT2D eigenvalue weighted by Crippen LogP contribution is -2.43. The van der Waals surface area contributed by atoms with Crippen molar-refractivity contribution in [2.24, 2.45) is 5.92 Å². The van der Waals surface area contributed by atoms with E-state index >= 15 is 0 Å². The second-order valence-electron chi connectivity index (χ2n) is 7.13. The van der Waals surface area contributed by atoms with Gasteiger partial charge in [0.2, 0.25) is 0 Å². The molecule has 2 N–H and O–H groups in total. The number of aryl methyl sites for hydroxylation is 1. The van der Waals surface area contributed by atoms with Gasteiger partial charge in [-0.1, -0.05) is 43.6 Å². The fraction of sp³-hybridized carbons (Fsp3) is 0.318. The zero-order valence-corrected chi connectivity index (χ0v) is 17.5. The van der Waals surface area contributed by atoms with Crippen LogP contribution in [0.5, 0.6) is 0 Å². The van der Waals surface area contributed by atoms with E-state index in [1.807, 2.05) is 32.9 Å². The topological polar surface area (TPSA) is 84.5 Å². The van der Waals surface area contributed by atoms with Gasteiger partial charge in [0.1, 0.15) is 6.04 Å². The Morgan fingerprint density at radius 1 is 1.03 bits per heavy atom. The summed E-state index contributed by atoms with van der Waals surface area (Å²) < 4.78 is 5.15. The fourth-order valence-electron chi connectivity index (χ4n) is 2.67. The Morgan fingerprint density at radius 2 is 1.69 bits per heavy atom. The molecule has 0 saturated carbocycles. The van der Waals surface area contributed by atoms with E-state index in [-0.39, 0.29) is 5.92 Å². The number of carbonyl (C=O) groups excluding carboxylic acids is 3. The molecule has 0 spiro atoms. The lowest BCUT2D eigenvalue weighted by atomic mass is 10.0. The molecule has 0 aliphatic carbocycles. The maximum atomic E-state index is 12.5. The van der Waals surface area contributed by atoms with Crippen LogP contribution in [0.2, 0.25) is 5.02 Å². The number of hydrogen-bond donors (Lipinski definition) is 2. The molecule has 0 aromatic heterocycles. The Balaban J connectivity index is 1.95. The van der Waals surface area contributed by atoms with Crippen LogP contribution in [-0.4, -0.2) is 30.4 Å². The summed E-state index contributed by atoms with van der Waals surface area (Å²) in [6, 6.07) is 12.8. The second kappa shape index (κ2) is 10.6. The van der Waals surface area contributed by atoms with Crippen LogP contribution in [0.4, 0.5) is 5.69 Å². The molecule has 6 nitrogen and oxygen atoms in total. The van der Waals surface area contributed by atoms with Crippen molar-refractivity contribution in [1.29, 1.82) is 0 Å². The summed E-state index contributed by atoms with van der Waals surface area (Å²) >= 11 is 5.84. The van der Waals surface area contributed by atoms with E-state index in [2.05, 4.69) is 10.6 Å². The molecule has 1 atom stereocenters. The van der Waals surface area contributed by atoms with E-state index in [0.717, 1.165) is 5.56 Å². The van der Waals surface area contributed by atoms with Gasteiger partial charge in [-0.05, 0) is 55.2 Å². The van der Waals surface area contributed by atoms with Crippen LogP contribution in [-0.2, 0) is 14.3 Å². The number of esters is 1. The standard InChI is InChI=1S/C22H25ClN2O4/c1-14(2)12-19(25-21(27)16-8-10-17(23)11-9-16)22(28)29-13-20(26)24-18-7-5-4-6-15(18)3/h4-11,14,19H,12-13H2,1-3H3,(H,24,26)(H,25,27). The minimum Gasteiger partial charge on any atom is -0.454 e. The molecule has 0 fully saturated rings. The van der Waals surface area contributed by atoms with Gasteiger partial charge >= 0.3 is 5.97 Å². The van der Waals surface area contributed by atoms with Crippen molar-refractivity contribution in [2.75, 3.05) is 11.9 Å². The van der Waals surface area contributed by atoms with Crippen molar-refractivity contribution in [1.82, 2.24) is 5.32 Å². The first-order chi connectivity index (χ1) is 13.8. The van der Waals surface area contributed by atoms with E-state index in [1.54, 1.807) is 36.4 Å². The lowest BCUT2D eigenvalue weighted by molar-refractivity contribution is -0.149. The molecule has 0 aliphatic rings. The van der Waals surface area contributed by atoms with Crippen LogP contribution in [0, 0.1) is 12.8 Å².